The molecule has 2 aromatic carbocycles. The van der Waals surface area contributed by atoms with Crippen LogP contribution >= 0.6 is 0 Å². The van der Waals surface area contributed by atoms with Gasteiger partial charge in [0.05, 0.1) is 25.3 Å². The highest BCUT2D eigenvalue weighted by Crippen LogP contribution is 2.35. The van der Waals surface area contributed by atoms with Crippen molar-refractivity contribution in [3.8, 4) is 17.2 Å². The molecule has 3 aromatic rings. The molecule has 4 rings (SSSR count). The highest BCUT2D eigenvalue weighted by molar-refractivity contribution is 5.72. The van der Waals surface area contributed by atoms with Crippen LogP contribution in [-0.2, 0) is 22.4 Å². The quantitative estimate of drug-likeness (QED) is 0.400. The number of methoxy groups -OCH3 is 1. The third kappa shape index (κ3) is 5.39. The Bertz CT molecular complexity index is 1010. The zero-order valence-electron chi connectivity index (χ0n) is 18.9. The van der Waals surface area contributed by atoms with E-state index < -0.39 is 0 Å². The summed E-state index contributed by atoms with van der Waals surface area (Å²) < 4.78 is 16.7. The van der Waals surface area contributed by atoms with Crippen LogP contribution in [0, 0.1) is 18.8 Å². The Kier molecular flexibility index (Phi) is 7.25. The fourth-order valence-electron chi connectivity index (χ4n) is 4.58. The molecule has 0 spiro atoms. The SMILES string of the molecule is COC(=O)[C@H]1CCC[C@H]1CCc1ccc(OCCc2nc(-c3ccccc3)oc2C)cc1. The Balaban J connectivity index is 1.25. The molecule has 1 aliphatic carbocycles. The number of carbonyl (C=O) groups excluding carboxylic acids is 1. The second kappa shape index (κ2) is 10.5. The van der Waals surface area contributed by atoms with E-state index in [1.165, 1.54) is 12.7 Å². The Morgan fingerprint density at radius 1 is 1.06 bits per heavy atom. The predicted molar refractivity (Wildman–Crippen MR) is 123 cm³/mol. The maximum Gasteiger partial charge on any atom is 0.308 e. The van der Waals surface area contributed by atoms with Gasteiger partial charge in [0.1, 0.15) is 11.5 Å². The molecule has 0 amide bonds. The van der Waals surface area contributed by atoms with E-state index in [1.54, 1.807) is 0 Å². The lowest BCUT2D eigenvalue weighted by molar-refractivity contribution is -0.146. The molecule has 1 saturated carbocycles. The van der Waals surface area contributed by atoms with Crippen LogP contribution in [0.25, 0.3) is 11.5 Å². The van der Waals surface area contributed by atoms with Crippen molar-refractivity contribution in [2.24, 2.45) is 11.8 Å². The number of aromatic nitrogens is 1. The number of ether oxygens (including phenoxy) is 2. The lowest BCUT2D eigenvalue weighted by Crippen LogP contribution is -2.20. The number of hydrogen-bond acceptors (Lipinski definition) is 5. The zero-order valence-corrected chi connectivity index (χ0v) is 18.9. The molecule has 0 N–H and O–H groups in total. The van der Waals surface area contributed by atoms with Gasteiger partial charge in [0, 0.05) is 12.0 Å². The largest absolute Gasteiger partial charge is 0.493 e. The molecule has 0 saturated heterocycles. The summed E-state index contributed by atoms with van der Waals surface area (Å²) in [5.41, 5.74) is 3.18. The molecule has 1 aliphatic rings. The number of hydrogen-bond donors (Lipinski definition) is 0. The Labute approximate surface area is 189 Å². The van der Waals surface area contributed by atoms with Gasteiger partial charge in [-0.25, -0.2) is 4.98 Å². The minimum absolute atomic E-state index is 0.0468. The summed E-state index contributed by atoms with van der Waals surface area (Å²) in [6.07, 6.45) is 5.89. The van der Waals surface area contributed by atoms with Crippen molar-refractivity contribution in [2.75, 3.05) is 13.7 Å². The van der Waals surface area contributed by atoms with Crippen molar-refractivity contribution in [1.82, 2.24) is 4.98 Å². The smallest absolute Gasteiger partial charge is 0.308 e. The summed E-state index contributed by atoms with van der Waals surface area (Å²) in [4.78, 5) is 16.6. The molecule has 5 nitrogen and oxygen atoms in total. The van der Waals surface area contributed by atoms with Crippen LogP contribution in [0.2, 0.25) is 0 Å². The van der Waals surface area contributed by atoms with Crippen LogP contribution in [0.3, 0.4) is 0 Å². The molecule has 1 aromatic heterocycles. The molecule has 168 valence electrons. The normalized spacial score (nSPS) is 17.9. The third-order valence-electron chi connectivity index (χ3n) is 6.41. The summed E-state index contributed by atoms with van der Waals surface area (Å²) in [5.74, 6) is 2.80. The molecule has 1 heterocycles. The summed E-state index contributed by atoms with van der Waals surface area (Å²) in [6, 6.07) is 18.2. The Hall–Kier alpha value is -3.08. The molecule has 0 aliphatic heterocycles. The van der Waals surface area contributed by atoms with Crippen LogP contribution in [0.15, 0.2) is 59.0 Å². The summed E-state index contributed by atoms with van der Waals surface area (Å²) in [7, 11) is 1.49. The van der Waals surface area contributed by atoms with E-state index in [9.17, 15) is 4.79 Å². The van der Waals surface area contributed by atoms with Crippen molar-refractivity contribution < 1.29 is 18.7 Å². The number of esters is 1. The maximum absolute atomic E-state index is 11.9. The predicted octanol–water partition coefficient (Wildman–Crippen LogP) is 5.79. The van der Waals surface area contributed by atoms with E-state index in [2.05, 4.69) is 17.1 Å². The fraction of sp³-hybridized carbons (Fsp3) is 0.407. The molecule has 5 heteroatoms. The molecule has 32 heavy (non-hydrogen) atoms. The van der Waals surface area contributed by atoms with Gasteiger partial charge in [0.25, 0.3) is 0 Å². The third-order valence-corrected chi connectivity index (χ3v) is 6.41. The first kappa shape index (κ1) is 22.1. The highest BCUT2D eigenvalue weighted by Gasteiger charge is 2.33. The maximum atomic E-state index is 11.9. The monoisotopic (exact) mass is 433 g/mol. The van der Waals surface area contributed by atoms with Crippen molar-refractivity contribution >= 4 is 5.97 Å². The lowest BCUT2D eigenvalue weighted by atomic mass is 9.90. The van der Waals surface area contributed by atoms with E-state index >= 15 is 0 Å². The number of rotatable bonds is 9. The minimum Gasteiger partial charge on any atom is -0.493 e. The first-order valence-corrected chi connectivity index (χ1v) is 11.5. The standard InChI is InChI=1S/C27H31NO4/c1-19-25(28-26(32-19)22-7-4-3-5-8-22)17-18-31-23-15-12-20(13-16-23)11-14-21-9-6-10-24(21)27(29)30-2/h3-5,7-8,12-13,15-16,21,24H,6,9-11,14,17-18H2,1-2H3/t21-,24-/m0/s1. The molecule has 0 unspecified atom stereocenters. The number of aryl methyl sites for hydroxylation is 2. The minimum atomic E-state index is -0.0468. The van der Waals surface area contributed by atoms with Crippen molar-refractivity contribution in [2.45, 2.75) is 45.4 Å². The van der Waals surface area contributed by atoms with Gasteiger partial charge in [-0.15, -0.1) is 0 Å². The molecule has 1 fully saturated rings. The van der Waals surface area contributed by atoms with Gasteiger partial charge < -0.3 is 13.9 Å². The van der Waals surface area contributed by atoms with E-state index in [0.717, 1.165) is 54.9 Å². The lowest BCUT2D eigenvalue weighted by Gasteiger charge is -2.17. The first-order valence-electron chi connectivity index (χ1n) is 11.5. The Morgan fingerprint density at radius 2 is 1.84 bits per heavy atom. The van der Waals surface area contributed by atoms with Crippen LogP contribution < -0.4 is 4.74 Å². The topological polar surface area (TPSA) is 61.6 Å². The average Bonchev–Trinajstić information content (AvgIpc) is 3.45. The van der Waals surface area contributed by atoms with Crippen LogP contribution in [0.5, 0.6) is 5.75 Å². The van der Waals surface area contributed by atoms with E-state index in [1.807, 2.05) is 49.4 Å². The fourth-order valence-corrected chi connectivity index (χ4v) is 4.58. The number of oxazole rings is 1. The number of nitrogens with zero attached hydrogens (tertiary/aromatic N) is 1. The summed E-state index contributed by atoms with van der Waals surface area (Å²) in [6.45, 7) is 2.49. The van der Waals surface area contributed by atoms with E-state index in [-0.39, 0.29) is 11.9 Å². The van der Waals surface area contributed by atoms with Crippen LogP contribution in [0.1, 0.15) is 42.7 Å². The molecule has 0 bridgehead atoms. The van der Waals surface area contributed by atoms with Crippen molar-refractivity contribution in [1.29, 1.82) is 0 Å². The highest BCUT2D eigenvalue weighted by atomic mass is 16.5. The molecule has 0 radical (unpaired) electrons. The second-order valence-electron chi connectivity index (χ2n) is 8.49. The van der Waals surface area contributed by atoms with Gasteiger partial charge in [-0.2, -0.15) is 0 Å². The van der Waals surface area contributed by atoms with Gasteiger partial charge in [-0.3, -0.25) is 4.79 Å². The zero-order chi connectivity index (χ0) is 22.3. The molecular weight excluding hydrogens is 402 g/mol. The van der Waals surface area contributed by atoms with Gasteiger partial charge >= 0.3 is 5.97 Å². The van der Waals surface area contributed by atoms with Gasteiger partial charge in [0.15, 0.2) is 0 Å². The molecule has 2 atom stereocenters. The van der Waals surface area contributed by atoms with Crippen molar-refractivity contribution in [3.05, 3.63) is 71.6 Å². The number of benzene rings is 2. The first-order chi connectivity index (χ1) is 15.6. The second-order valence-corrected chi connectivity index (χ2v) is 8.49. The van der Waals surface area contributed by atoms with Gasteiger partial charge in [-0.1, -0.05) is 36.8 Å². The summed E-state index contributed by atoms with van der Waals surface area (Å²) in [5, 5.41) is 0. The number of carbonyl (C=O) groups is 1. The van der Waals surface area contributed by atoms with Gasteiger partial charge in [0.2, 0.25) is 5.89 Å². The molecular formula is C27H31NO4. The van der Waals surface area contributed by atoms with Crippen LogP contribution in [0.4, 0.5) is 0 Å². The van der Waals surface area contributed by atoms with Crippen molar-refractivity contribution in [3.63, 3.8) is 0 Å². The Morgan fingerprint density at radius 3 is 2.59 bits per heavy atom. The van der Waals surface area contributed by atoms with Gasteiger partial charge in [-0.05, 0) is 68.4 Å². The van der Waals surface area contributed by atoms with E-state index in [0.29, 0.717) is 24.8 Å². The summed E-state index contributed by atoms with van der Waals surface area (Å²) >= 11 is 0. The van der Waals surface area contributed by atoms with E-state index in [4.69, 9.17) is 13.9 Å². The average molecular weight is 434 g/mol. The van der Waals surface area contributed by atoms with Crippen LogP contribution in [-0.4, -0.2) is 24.7 Å².